The van der Waals surface area contributed by atoms with Crippen LogP contribution in [-0.2, 0) is 5.41 Å². The molecule has 54 heavy (non-hydrogen) atoms. The fourth-order valence-electron chi connectivity index (χ4n) is 8.84. The zero-order chi connectivity index (χ0) is 36.0. The Hall–Kier alpha value is -6.84. The lowest BCUT2D eigenvalue weighted by atomic mass is 9.82. The van der Waals surface area contributed by atoms with Crippen molar-refractivity contribution in [3.63, 3.8) is 0 Å². The highest BCUT2D eigenvalue weighted by Crippen LogP contribution is 2.52. The SMILES string of the molecule is CC1(C)c2ccccc2-c2ccc(N(c3ccc(-c4ccccc4)cc3)c3cc(-c4ccccc4)c4oc5ccc6oc7ccccc7c6c5c4c3)cc21. The van der Waals surface area contributed by atoms with Crippen LogP contribution in [0.25, 0.3) is 77.3 Å². The second kappa shape index (κ2) is 11.6. The van der Waals surface area contributed by atoms with Crippen LogP contribution in [0.2, 0.25) is 0 Å². The monoisotopic (exact) mass is 693 g/mol. The Morgan fingerprint density at radius 2 is 1.00 bits per heavy atom. The molecule has 0 amide bonds. The van der Waals surface area contributed by atoms with Gasteiger partial charge in [0, 0.05) is 49.6 Å². The number of rotatable bonds is 5. The van der Waals surface area contributed by atoms with Crippen molar-refractivity contribution in [2.45, 2.75) is 19.3 Å². The van der Waals surface area contributed by atoms with Crippen molar-refractivity contribution in [1.29, 1.82) is 0 Å². The normalized spacial score (nSPS) is 13.1. The largest absolute Gasteiger partial charge is 0.456 e. The first-order valence-electron chi connectivity index (χ1n) is 18.6. The van der Waals surface area contributed by atoms with Crippen molar-refractivity contribution < 1.29 is 8.83 Å². The van der Waals surface area contributed by atoms with E-state index in [0.29, 0.717) is 0 Å². The molecule has 0 bridgehead atoms. The van der Waals surface area contributed by atoms with E-state index in [1.807, 2.05) is 18.2 Å². The molecular weight excluding hydrogens is 659 g/mol. The highest BCUT2D eigenvalue weighted by Gasteiger charge is 2.36. The van der Waals surface area contributed by atoms with Crippen LogP contribution in [0, 0.1) is 0 Å². The summed E-state index contributed by atoms with van der Waals surface area (Å²) in [5.74, 6) is 0. The minimum atomic E-state index is -0.140. The van der Waals surface area contributed by atoms with Gasteiger partial charge in [0.2, 0.25) is 0 Å². The Kier molecular flexibility index (Phi) is 6.60. The number of furan rings is 2. The van der Waals surface area contributed by atoms with E-state index in [2.05, 4.69) is 176 Å². The van der Waals surface area contributed by atoms with Crippen LogP contribution in [-0.4, -0.2) is 0 Å². The predicted molar refractivity (Wildman–Crippen MR) is 224 cm³/mol. The lowest BCUT2D eigenvalue weighted by Gasteiger charge is -2.29. The summed E-state index contributed by atoms with van der Waals surface area (Å²) >= 11 is 0. The maximum Gasteiger partial charge on any atom is 0.143 e. The molecule has 0 unspecified atom stereocenters. The zero-order valence-corrected chi connectivity index (χ0v) is 30.0. The van der Waals surface area contributed by atoms with E-state index >= 15 is 0 Å². The predicted octanol–water partition coefficient (Wildman–Crippen LogP) is 14.6. The first kappa shape index (κ1) is 30.8. The van der Waals surface area contributed by atoms with Gasteiger partial charge in [0.15, 0.2) is 0 Å². The van der Waals surface area contributed by atoms with Gasteiger partial charge < -0.3 is 13.7 Å². The fraction of sp³-hybridized carbons (Fsp3) is 0.0588. The van der Waals surface area contributed by atoms with Crippen molar-refractivity contribution >= 4 is 60.9 Å². The molecule has 10 aromatic rings. The molecule has 0 aliphatic heterocycles. The Labute approximate surface area is 313 Å². The third kappa shape index (κ3) is 4.55. The molecule has 3 heteroatoms. The lowest BCUT2D eigenvalue weighted by molar-refractivity contribution is 0.660. The van der Waals surface area contributed by atoms with Gasteiger partial charge in [0.05, 0.1) is 0 Å². The zero-order valence-electron chi connectivity index (χ0n) is 30.0. The maximum absolute atomic E-state index is 6.84. The molecule has 256 valence electrons. The van der Waals surface area contributed by atoms with Crippen molar-refractivity contribution in [1.82, 2.24) is 0 Å². The molecule has 0 spiro atoms. The lowest BCUT2D eigenvalue weighted by Crippen LogP contribution is -2.16. The number of fused-ring (bicyclic) bond motifs is 10. The molecule has 2 aromatic heterocycles. The first-order chi connectivity index (χ1) is 26.5. The molecule has 0 saturated carbocycles. The minimum Gasteiger partial charge on any atom is -0.456 e. The third-order valence-electron chi connectivity index (χ3n) is 11.5. The van der Waals surface area contributed by atoms with E-state index in [1.165, 1.54) is 33.4 Å². The average Bonchev–Trinajstić information content (AvgIpc) is 3.86. The van der Waals surface area contributed by atoms with Gasteiger partial charge in [0.25, 0.3) is 0 Å². The Bertz CT molecular complexity index is 3060. The summed E-state index contributed by atoms with van der Waals surface area (Å²) in [4.78, 5) is 2.41. The van der Waals surface area contributed by atoms with E-state index in [1.54, 1.807) is 0 Å². The van der Waals surface area contributed by atoms with Gasteiger partial charge in [-0.2, -0.15) is 0 Å². The standard InChI is InChI=1S/C51H35NO2/c1-51(2)43-19-11-9-17-38(43)39-26-25-36(31-44(39)51)52(35-23-21-33(22-24-35)32-13-5-3-6-14-32)37-29-41(34-15-7-4-8-16-34)50-42(30-37)49-47(54-50)28-27-46-48(49)40-18-10-12-20-45(40)53-46/h3-31H,1-2H3. The van der Waals surface area contributed by atoms with Crippen LogP contribution in [0.5, 0.6) is 0 Å². The van der Waals surface area contributed by atoms with Crippen LogP contribution in [0.1, 0.15) is 25.0 Å². The van der Waals surface area contributed by atoms with Crippen molar-refractivity contribution in [2.24, 2.45) is 0 Å². The maximum atomic E-state index is 6.84. The van der Waals surface area contributed by atoms with E-state index in [9.17, 15) is 0 Å². The number of para-hydroxylation sites is 1. The highest BCUT2D eigenvalue weighted by molar-refractivity contribution is 6.27. The summed E-state index contributed by atoms with van der Waals surface area (Å²) in [6.45, 7) is 4.69. The molecule has 11 rings (SSSR count). The second-order valence-electron chi connectivity index (χ2n) is 14.9. The van der Waals surface area contributed by atoms with Crippen LogP contribution >= 0.6 is 0 Å². The second-order valence-corrected chi connectivity index (χ2v) is 14.9. The van der Waals surface area contributed by atoms with Crippen molar-refractivity contribution in [3.8, 4) is 33.4 Å². The smallest absolute Gasteiger partial charge is 0.143 e. The fourth-order valence-corrected chi connectivity index (χ4v) is 8.84. The summed E-state index contributed by atoms with van der Waals surface area (Å²) in [5.41, 5.74) is 16.4. The van der Waals surface area contributed by atoms with E-state index in [-0.39, 0.29) is 5.41 Å². The topological polar surface area (TPSA) is 29.5 Å². The molecule has 0 atom stereocenters. The molecule has 3 nitrogen and oxygen atoms in total. The quantitative estimate of drug-likeness (QED) is 0.180. The van der Waals surface area contributed by atoms with Gasteiger partial charge >= 0.3 is 0 Å². The third-order valence-corrected chi connectivity index (χ3v) is 11.5. The van der Waals surface area contributed by atoms with Crippen LogP contribution in [0.3, 0.4) is 0 Å². The van der Waals surface area contributed by atoms with Gasteiger partial charge in [0.1, 0.15) is 22.3 Å². The Balaban J connectivity index is 1.20. The number of hydrogen-bond donors (Lipinski definition) is 0. The van der Waals surface area contributed by atoms with E-state index in [0.717, 1.165) is 72.1 Å². The van der Waals surface area contributed by atoms with Gasteiger partial charge in [-0.25, -0.2) is 0 Å². The first-order valence-corrected chi connectivity index (χ1v) is 18.6. The number of anilines is 3. The minimum absolute atomic E-state index is 0.140. The van der Waals surface area contributed by atoms with Crippen molar-refractivity contribution in [2.75, 3.05) is 4.90 Å². The summed E-state index contributed by atoms with van der Waals surface area (Å²) < 4.78 is 13.2. The van der Waals surface area contributed by atoms with Crippen LogP contribution < -0.4 is 4.90 Å². The Morgan fingerprint density at radius 3 is 1.80 bits per heavy atom. The molecule has 1 aliphatic carbocycles. The average molecular weight is 694 g/mol. The summed E-state index contributed by atoms with van der Waals surface area (Å²) in [6.07, 6.45) is 0. The summed E-state index contributed by atoms with van der Waals surface area (Å²) in [5, 5.41) is 4.28. The van der Waals surface area contributed by atoms with Crippen molar-refractivity contribution in [3.05, 3.63) is 187 Å². The Morgan fingerprint density at radius 1 is 0.389 bits per heavy atom. The van der Waals surface area contributed by atoms with Gasteiger partial charge in [-0.3, -0.25) is 0 Å². The molecule has 1 aliphatic rings. The van der Waals surface area contributed by atoms with E-state index in [4.69, 9.17) is 8.83 Å². The van der Waals surface area contributed by atoms with Crippen LogP contribution in [0.4, 0.5) is 17.1 Å². The summed E-state index contributed by atoms with van der Waals surface area (Å²) in [6, 6.07) is 63.0. The molecule has 0 saturated heterocycles. The number of benzene rings is 8. The molecule has 8 aromatic carbocycles. The molecule has 0 radical (unpaired) electrons. The van der Waals surface area contributed by atoms with Crippen LogP contribution in [0.15, 0.2) is 185 Å². The molecule has 2 heterocycles. The van der Waals surface area contributed by atoms with Gasteiger partial charge in [-0.1, -0.05) is 135 Å². The van der Waals surface area contributed by atoms with Gasteiger partial charge in [-0.15, -0.1) is 0 Å². The number of hydrogen-bond acceptors (Lipinski definition) is 3. The number of nitrogens with zero attached hydrogens (tertiary/aromatic N) is 1. The highest BCUT2D eigenvalue weighted by atomic mass is 16.3. The van der Waals surface area contributed by atoms with E-state index < -0.39 is 0 Å². The van der Waals surface area contributed by atoms with Gasteiger partial charge in [-0.05, 0) is 93.5 Å². The molecular formula is C51H35NO2. The summed E-state index contributed by atoms with van der Waals surface area (Å²) in [7, 11) is 0. The molecule has 0 fully saturated rings. The molecule has 0 N–H and O–H groups in total.